The van der Waals surface area contributed by atoms with E-state index in [1.54, 1.807) is 38.1 Å². The van der Waals surface area contributed by atoms with Crippen molar-refractivity contribution in [3.8, 4) is 0 Å². The summed E-state index contributed by atoms with van der Waals surface area (Å²) in [5, 5.41) is 18.7. The molecule has 0 aliphatic carbocycles. The topological polar surface area (TPSA) is 130 Å². The Kier molecular flexibility index (Phi) is 8.72. The third-order valence-electron chi connectivity index (χ3n) is 4.76. The molecule has 2 aromatic carbocycles. The highest BCUT2D eigenvalue weighted by molar-refractivity contribution is 7.17. The minimum absolute atomic E-state index is 0.211. The molecule has 1 amide bonds. The van der Waals surface area contributed by atoms with Gasteiger partial charge in [0.2, 0.25) is 5.91 Å². The Morgan fingerprint density at radius 3 is 2.38 bits per heavy atom. The number of anilines is 3. The highest BCUT2D eigenvalue weighted by Crippen LogP contribution is 2.27. The Morgan fingerprint density at radius 1 is 1.06 bits per heavy atom. The fraction of sp³-hybridized carbons (Fsp3) is 0.250. The van der Waals surface area contributed by atoms with Gasteiger partial charge >= 0.3 is 11.9 Å². The summed E-state index contributed by atoms with van der Waals surface area (Å²) >= 11 is 1.20. The van der Waals surface area contributed by atoms with E-state index >= 15 is 0 Å². The highest BCUT2D eigenvalue weighted by Gasteiger charge is 2.21. The van der Waals surface area contributed by atoms with Crippen LogP contribution in [0.5, 0.6) is 0 Å². The molecule has 1 aromatic heterocycles. The van der Waals surface area contributed by atoms with Gasteiger partial charge in [0, 0.05) is 17.9 Å². The van der Waals surface area contributed by atoms with E-state index in [-0.39, 0.29) is 6.42 Å². The largest absolute Gasteiger partial charge is 0.480 e. The first-order valence-electron chi connectivity index (χ1n) is 10.7. The molecule has 178 valence electrons. The van der Waals surface area contributed by atoms with Crippen LogP contribution in [0.3, 0.4) is 0 Å². The van der Waals surface area contributed by atoms with Gasteiger partial charge in [-0.2, -0.15) is 0 Å². The SMILES string of the molecule is CCOC(=O)c1sc(Nc2ccc(NC(=O)CC(NCc3ccccc3)C(=O)O)cc2)nc1C. The molecule has 34 heavy (non-hydrogen) atoms. The third-order valence-corrected chi connectivity index (χ3v) is 5.81. The molecule has 9 nitrogen and oxygen atoms in total. The molecule has 3 rings (SSSR count). The molecule has 0 aliphatic rings. The number of thiazole rings is 1. The van der Waals surface area contributed by atoms with E-state index in [1.807, 2.05) is 30.3 Å². The lowest BCUT2D eigenvalue weighted by molar-refractivity contribution is -0.141. The van der Waals surface area contributed by atoms with Crippen molar-refractivity contribution in [2.75, 3.05) is 17.2 Å². The van der Waals surface area contributed by atoms with Gasteiger partial charge in [-0.1, -0.05) is 41.7 Å². The van der Waals surface area contributed by atoms with Crippen LogP contribution in [-0.2, 0) is 20.9 Å². The van der Waals surface area contributed by atoms with E-state index in [9.17, 15) is 19.5 Å². The molecule has 0 saturated carbocycles. The fourth-order valence-corrected chi connectivity index (χ4v) is 3.96. The summed E-state index contributed by atoms with van der Waals surface area (Å²) in [6.07, 6.45) is -0.211. The van der Waals surface area contributed by atoms with Crippen LogP contribution in [0, 0.1) is 6.92 Å². The van der Waals surface area contributed by atoms with Crippen molar-refractivity contribution in [2.24, 2.45) is 0 Å². The molecule has 0 saturated heterocycles. The van der Waals surface area contributed by atoms with Crippen molar-refractivity contribution in [3.63, 3.8) is 0 Å². The molecule has 3 aromatic rings. The van der Waals surface area contributed by atoms with Crippen molar-refractivity contribution in [1.29, 1.82) is 0 Å². The van der Waals surface area contributed by atoms with Crippen LogP contribution < -0.4 is 16.0 Å². The number of carbonyl (C=O) groups is 3. The molecule has 0 bridgehead atoms. The number of ether oxygens (including phenoxy) is 1. The maximum atomic E-state index is 12.4. The van der Waals surface area contributed by atoms with Gasteiger partial charge in [-0.3, -0.25) is 14.9 Å². The van der Waals surface area contributed by atoms with Gasteiger partial charge in [-0.05, 0) is 43.7 Å². The zero-order chi connectivity index (χ0) is 24.5. The number of esters is 1. The zero-order valence-corrected chi connectivity index (χ0v) is 19.6. The summed E-state index contributed by atoms with van der Waals surface area (Å²) in [5.74, 6) is -1.91. The van der Waals surface area contributed by atoms with Crippen LogP contribution in [0.1, 0.15) is 34.3 Å². The van der Waals surface area contributed by atoms with Gasteiger partial charge in [0.15, 0.2) is 5.13 Å². The summed E-state index contributed by atoms with van der Waals surface area (Å²) in [6.45, 7) is 4.13. The highest BCUT2D eigenvalue weighted by atomic mass is 32.1. The lowest BCUT2D eigenvalue weighted by Crippen LogP contribution is -2.39. The number of hydrogen-bond acceptors (Lipinski definition) is 8. The number of carboxylic acids is 1. The maximum Gasteiger partial charge on any atom is 0.350 e. The number of nitrogens with zero attached hydrogens (tertiary/aromatic N) is 1. The number of aromatic nitrogens is 1. The predicted octanol–water partition coefficient (Wildman–Crippen LogP) is 3.94. The van der Waals surface area contributed by atoms with Gasteiger partial charge in [-0.15, -0.1) is 0 Å². The summed E-state index contributed by atoms with van der Waals surface area (Å²) < 4.78 is 5.03. The number of nitrogens with one attached hydrogen (secondary N) is 3. The Morgan fingerprint density at radius 2 is 1.74 bits per heavy atom. The van der Waals surface area contributed by atoms with Gasteiger partial charge in [0.25, 0.3) is 0 Å². The van der Waals surface area contributed by atoms with Gasteiger partial charge < -0.3 is 20.5 Å². The quantitative estimate of drug-likeness (QED) is 0.302. The Bertz CT molecular complexity index is 1130. The molecule has 4 N–H and O–H groups in total. The lowest BCUT2D eigenvalue weighted by Gasteiger charge is -2.14. The van der Waals surface area contributed by atoms with E-state index in [0.29, 0.717) is 34.5 Å². The molecule has 10 heteroatoms. The number of aryl methyl sites for hydroxylation is 1. The van der Waals surface area contributed by atoms with E-state index in [0.717, 1.165) is 11.3 Å². The fourth-order valence-electron chi connectivity index (χ4n) is 3.08. The summed E-state index contributed by atoms with van der Waals surface area (Å²) in [7, 11) is 0. The average Bonchev–Trinajstić information content (AvgIpc) is 3.18. The second-order valence-corrected chi connectivity index (χ2v) is 8.37. The first-order chi connectivity index (χ1) is 16.4. The third kappa shape index (κ3) is 7.12. The van der Waals surface area contributed by atoms with Crippen molar-refractivity contribution in [1.82, 2.24) is 10.3 Å². The number of rotatable bonds is 11. The average molecular weight is 483 g/mol. The molecule has 0 radical (unpaired) electrons. The second-order valence-electron chi connectivity index (χ2n) is 7.37. The predicted molar refractivity (Wildman–Crippen MR) is 130 cm³/mol. The number of hydrogen-bond donors (Lipinski definition) is 4. The maximum absolute atomic E-state index is 12.4. The van der Waals surface area contributed by atoms with Crippen LogP contribution in [0.25, 0.3) is 0 Å². The van der Waals surface area contributed by atoms with E-state index < -0.39 is 23.9 Å². The van der Waals surface area contributed by atoms with Crippen LogP contribution in [0.15, 0.2) is 54.6 Å². The molecule has 0 aliphatic heterocycles. The van der Waals surface area contributed by atoms with E-state index in [1.165, 1.54) is 11.3 Å². The summed E-state index contributed by atoms with van der Waals surface area (Å²) in [5.41, 5.74) is 2.77. The van der Waals surface area contributed by atoms with Gasteiger partial charge in [0.1, 0.15) is 10.9 Å². The number of aliphatic carboxylic acids is 1. The van der Waals surface area contributed by atoms with E-state index in [2.05, 4.69) is 20.9 Å². The number of amides is 1. The van der Waals surface area contributed by atoms with Crippen LogP contribution >= 0.6 is 11.3 Å². The summed E-state index contributed by atoms with van der Waals surface area (Å²) in [4.78, 5) is 40.7. The number of benzene rings is 2. The first kappa shape index (κ1) is 24.9. The molecule has 1 heterocycles. The minimum Gasteiger partial charge on any atom is -0.480 e. The van der Waals surface area contributed by atoms with Crippen molar-refractivity contribution in [2.45, 2.75) is 32.9 Å². The van der Waals surface area contributed by atoms with Crippen molar-refractivity contribution in [3.05, 3.63) is 70.7 Å². The minimum atomic E-state index is -1.09. The van der Waals surface area contributed by atoms with Crippen LogP contribution in [0.2, 0.25) is 0 Å². The van der Waals surface area contributed by atoms with E-state index in [4.69, 9.17) is 4.74 Å². The van der Waals surface area contributed by atoms with Crippen LogP contribution in [0.4, 0.5) is 16.5 Å². The Balaban J connectivity index is 1.54. The number of carbonyl (C=O) groups excluding carboxylic acids is 2. The molecular weight excluding hydrogens is 456 g/mol. The zero-order valence-electron chi connectivity index (χ0n) is 18.8. The lowest BCUT2D eigenvalue weighted by atomic mass is 10.1. The van der Waals surface area contributed by atoms with Crippen LogP contribution in [-0.4, -0.2) is 40.6 Å². The smallest absolute Gasteiger partial charge is 0.350 e. The second kappa shape index (κ2) is 11.9. The molecular formula is C24H26N4O5S. The van der Waals surface area contributed by atoms with Crippen molar-refractivity contribution >= 4 is 45.7 Å². The van der Waals surface area contributed by atoms with Crippen molar-refractivity contribution < 1.29 is 24.2 Å². The molecule has 1 atom stereocenters. The van der Waals surface area contributed by atoms with Gasteiger partial charge in [0.05, 0.1) is 18.7 Å². The number of carboxylic acid groups (broad SMARTS) is 1. The molecule has 0 spiro atoms. The molecule has 0 fully saturated rings. The standard InChI is InChI=1S/C24H26N4O5S/c1-3-33-23(32)21-15(2)26-24(34-21)28-18-11-9-17(10-12-18)27-20(29)13-19(22(30)31)25-14-16-7-5-4-6-8-16/h4-12,19,25H,3,13-14H2,1-2H3,(H,26,28)(H,27,29)(H,30,31). The Labute approximate surface area is 201 Å². The Hall–Kier alpha value is -3.76. The normalized spacial score (nSPS) is 11.5. The summed E-state index contributed by atoms with van der Waals surface area (Å²) in [6, 6.07) is 15.3. The van der Waals surface area contributed by atoms with Gasteiger partial charge in [-0.25, -0.2) is 9.78 Å². The monoisotopic (exact) mass is 482 g/mol. The molecule has 1 unspecified atom stereocenters. The first-order valence-corrected chi connectivity index (χ1v) is 11.5.